The van der Waals surface area contributed by atoms with Gasteiger partial charge in [0.15, 0.2) is 0 Å². The number of carboxylic acids is 1. The molecule has 0 heterocycles. The fourth-order valence-corrected chi connectivity index (χ4v) is 3.32. The number of amides is 2. The monoisotopic (exact) mass is 298 g/mol. The van der Waals surface area contributed by atoms with E-state index in [9.17, 15) is 9.59 Å². The van der Waals surface area contributed by atoms with Gasteiger partial charge in [0.2, 0.25) is 0 Å². The minimum absolute atomic E-state index is 0.0486. The number of carbonyl (C=O) groups excluding carboxylic acids is 1. The maximum absolute atomic E-state index is 12.3. The van der Waals surface area contributed by atoms with Crippen molar-refractivity contribution in [1.29, 1.82) is 0 Å². The van der Waals surface area contributed by atoms with Gasteiger partial charge in [0.05, 0.1) is 5.92 Å². The summed E-state index contributed by atoms with van der Waals surface area (Å²) in [6.07, 6.45) is 6.31. The van der Waals surface area contributed by atoms with E-state index in [1.165, 1.54) is 0 Å². The summed E-state index contributed by atoms with van der Waals surface area (Å²) in [7, 11) is 0. The Kier molecular flexibility index (Phi) is 5.85. The van der Waals surface area contributed by atoms with Crippen LogP contribution in [0.15, 0.2) is 0 Å². The first-order chi connectivity index (χ1) is 10.1. The molecule has 6 nitrogen and oxygen atoms in total. The molecular formula is C15H26N2O4. The van der Waals surface area contributed by atoms with Crippen molar-refractivity contribution in [2.75, 3.05) is 19.7 Å². The first-order valence-electron chi connectivity index (χ1n) is 8.01. The maximum Gasteiger partial charge on any atom is 0.317 e. The predicted octanol–water partition coefficient (Wildman–Crippen LogP) is 1.43. The van der Waals surface area contributed by atoms with Crippen molar-refractivity contribution < 1.29 is 19.8 Å². The fourth-order valence-electron chi connectivity index (χ4n) is 3.32. The molecule has 3 N–H and O–H groups in total. The highest BCUT2D eigenvalue weighted by Gasteiger charge is 2.34. The number of urea groups is 1. The molecule has 120 valence electrons. The van der Waals surface area contributed by atoms with Crippen molar-refractivity contribution in [3.8, 4) is 0 Å². The van der Waals surface area contributed by atoms with Crippen LogP contribution in [0, 0.1) is 11.8 Å². The Morgan fingerprint density at radius 1 is 1.14 bits per heavy atom. The molecule has 2 aliphatic carbocycles. The number of hydrogen-bond donors (Lipinski definition) is 3. The number of hydrogen-bond acceptors (Lipinski definition) is 3. The molecule has 2 saturated carbocycles. The van der Waals surface area contributed by atoms with Gasteiger partial charge in [-0.1, -0.05) is 6.42 Å². The van der Waals surface area contributed by atoms with Crippen LogP contribution < -0.4 is 5.32 Å². The summed E-state index contributed by atoms with van der Waals surface area (Å²) >= 11 is 0. The van der Waals surface area contributed by atoms with Gasteiger partial charge in [0.25, 0.3) is 0 Å². The van der Waals surface area contributed by atoms with Gasteiger partial charge in [-0.25, -0.2) is 4.79 Å². The molecule has 0 aromatic heterocycles. The molecule has 0 aliphatic heterocycles. The van der Waals surface area contributed by atoms with Crippen LogP contribution in [0.2, 0.25) is 0 Å². The Labute approximate surface area is 125 Å². The van der Waals surface area contributed by atoms with E-state index < -0.39 is 5.97 Å². The minimum Gasteiger partial charge on any atom is -0.481 e. The van der Waals surface area contributed by atoms with E-state index in [2.05, 4.69) is 5.32 Å². The number of carbonyl (C=O) groups is 2. The summed E-state index contributed by atoms with van der Waals surface area (Å²) in [5.74, 6) is -1.02. The van der Waals surface area contributed by atoms with Crippen molar-refractivity contribution in [2.45, 2.75) is 51.0 Å². The lowest BCUT2D eigenvalue weighted by Gasteiger charge is -2.37. The molecule has 21 heavy (non-hydrogen) atoms. The van der Waals surface area contributed by atoms with Gasteiger partial charge >= 0.3 is 12.0 Å². The Balaban J connectivity index is 1.82. The van der Waals surface area contributed by atoms with E-state index in [4.69, 9.17) is 10.2 Å². The van der Waals surface area contributed by atoms with Gasteiger partial charge in [-0.15, -0.1) is 0 Å². The molecule has 0 saturated heterocycles. The number of nitrogens with one attached hydrogen (secondary N) is 1. The number of aliphatic hydroxyl groups excluding tert-OH is 1. The Hall–Kier alpha value is -1.30. The third-order valence-corrected chi connectivity index (χ3v) is 4.83. The second-order valence-corrected chi connectivity index (χ2v) is 6.18. The van der Waals surface area contributed by atoms with Crippen molar-refractivity contribution in [2.24, 2.45) is 11.8 Å². The second-order valence-electron chi connectivity index (χ2n) is 6.18. The summed E-state index contributed by atoms with van der Waals surface area (Å²) < 4.78 is 0. The summed E-state index contributed by atoms with van der Waals surface area (Å²) in [6.45, 7) is 1.10. The maximum atomic E-state index is 12.3. The lowest BCUT2D eigenvalue weighted by atomic mass is 9.91. The van der Waals surface area contributed by atoms with Crippen molar-refractivity contribution in [1.82, 2.24) is 10.2 Å². The SMILES string of the molecule is O=C(O)C1CCCC1CNC(=O)N(CCCO)C1CCC1. The normalized spacial score (nSPS) is 25.4. The molecule has 0 radical (unpaired) electrons. The van der Waals surface area contributed by atoms with Crippen LogP contribution in [0.1, 0.15) is 44.9 Å². The molecular weight excluding hydrogens is 272 g/mol. The van der Waals surface area contributed by atoms with Crippen molar-refractivity contribution in [3.63, 3.8) is 0 Å². The summed E-state index contributed by atoms with van der Waals surface area (Å²) in [6, 6.07) is 0.180. The number of nitrogens with zero attached hydrogens (tertiary/aromatic N) is 1. The molecule has 2 aliphatic rings. The molecule has 2 unspecified atom stereocenters. The molecule has 2 amide bonds. The number of rotatable bonds is 7. The molecule has 0 aromatic rings. The predicted molar refractivity (Wildman–Crippen MR) is 77.9 cm³/mol. The zero-order chi connectivity index (χ0) is 15.2. The van der Waals surface area contributed by atoms with Crippen molar-refractivity contribution in [3.05, 3.63) is 0 Å². The Morgan fingerprint density at radius 2 is 1.86 bits per heavy atom. The number of carboxylic acid groups (broad SMARTS) is 1. The number of aliphatic carboxylic acids is 1. The van der Waals surface area contributed by atoms with Crippen LogP contribution in [0.25, 0.3) is 0 Å². The molecule has 0 spiro atoms. The van der Waals surface area contributed by atoms with Gasteiger partial charge < -0.3 is 20.4 Å². The van der Waals surface area contributed by atoms with Crippen LogP contribution in [0.5, 0.6) is 0 Å². The molecule has 0 aromatic carbocycles. The van der Waals surface area contributed by atoms with Gasteiger partial charge in [-0.05, 0) is 44.4 Å². The highest BCUT2D eigenvalue weighted by Crippen LogP contribution is 2.31. The van der Waals surface area contributed by atoms with Crippen LogP contribution in [-0.2, 0) is 4.79 Å². The quantitative estimate of drug-likeness (QED) is 0.663. The molecule has 2 fully saturated rings. The molecule has 0 bridgehead atoms. The minimum atomic E-state index is -0.747. The van der Waals surface area contributed by atoms with E-state index in [1.54, 1.807) is 0 Å². The largest absolute Gasteiger partial charge is 0.481 e. The van der Waals surface area contributed by atoms with Crippen LogP contribution in [0.3, 0.4) is 0 Å². The van der Waals surface area contributed by atoms with E-state index in [0.717, 1.165) is 32.1 Å². The molecule has 2 rings (SSSR count). The van der Waals surface area contributed by atoms with E-state index in [-0.39, 0.29) is 30.5 Å². The highest BCUT2D eigenvalue weighted by atomic mass is 16.4. The smallest absolute Gasteiger partial charge is 0.317 e. The highest BCUT2D eigenvalue weighted by molar-refractivity contribution is 5.75. The van der Waals surface area contributed by atoms with Crippen LogP contribution in [0.4, 0.5) is 4.79 Å². The van der Waals surface area contributed by atoms with Gasteiger partial charge in [-0.2, -0.15) is 0 Å². The van der Waals surface area contributed by atoms with E-state index in [1.807, 2.05) is 4.90 Å². The first-order valence-corrected chi connectivity index (χ1v) is 8.01. The third kappa shape index (κ3) is 4.09. The molecule has 2 atom stereocenters. The topological polar surface area (TPSA) is 89.9 Å². The zero-order valence-corrected chi connectivity index (χ0v) is 12.5. The molecule has 6 heteroatoms. The standard InChI is InChI=1S/C15H26N2O4/c18-9-3-8-17(12-5-2-6-12)15(21)16-10-11-4-1-7-13(11)14(19)20/h11-13,18H,1-10H2,(H,16,21)(H,19,20). The lowest BCUT2D eigenvalue weighted by molar-refractivity contribution is -0.142. The van der Waals surface area contributed by atoms with Crippen molar-refractivity contribution >= 4 is 12.0 Å². The third-order valence-electron chi connectivity index (χ3n) is 4.83. The van der Waals surface area contributed by atoms with E-state index >= 15 is 0 Å². The van der Waals surface area contributed by atoms with E-state index in [0.29, 0.717) is 25.9 Å². The van der Waals surface area contributed by atoms with Gasteiger partial charge in [-0.3, -0.25) is 4.79 Å². The summed E-state index contributed by atoms with van der Waals surface area (Å²) in [5.41, 5.74) is 0. The average molecular weight is 298 g/mol. The summed E-state index contributed by atoms with van der Waals surface area (Å²) in [4.78, 5) is 25.3. The zero-order valence-electron chi connectivity index (χ0n) is 12.5. The Bertz CT molecular complexity index is 371. The number of aliphatic hydroxyl groups is 1. The Morgan fingerprint density at radius 3 is 2.43 bits per heavy atom. The van der Waals surface area contributed by atoms with Gasteiger partial charge in [0, 0.05) is 25.7 Å². The summed E-state index contributed by atoms with van der Waals surface area (Å²) in [5, 5.41) is 21.0. The van der Waals surface area contributed by atoms with Gasteiger partial charge in [0.1, 0.15) is 0 Å². The lowest BCUT2D eigenvalue weighted by Crippen LogP contribution is -2.50. The van der Waals surface area contributed by atoms with Crippen LogP contribution >= 0.6 is 0 Å². The average Bonchev–Trinajstić information content (AvgIpc) is 2.87. The second kappa shape index (κ2) is 7.64. The van der Waals surface area contributed by atoms with Crippen LogP contribution in [-0.4, -0.2) is 52.9 Å². The first kappa shape index (κ1) is 16.1. The fraction of sp³-hybridized carbons (Fsp3) is 0.867.